The van der Waals surface area contributed by atoms with Gasteiger partial charge < -0.3 is 9.84 Å². The van der Waals surface area contributed by atoms with Gasteiger partial charge in [-0.05, 0) is 19.3 Å². The van der Waals surface area contributed by atoms with Gasteiger partial charge in [-0.1, -0.05) is 0 Å². The van der Waals surface area contributed by atoms with E-state index in [1.54, 1.807) is 0 Å². The summed E-state index contributed by atoms with van der Waals surface area (Å²) >= 11 is 0. The van der Waals surface area contributed by atoms with E-state index < -0.39 is 0 Å². The molecule has 0 bridgehead atoms. The van der Waals surface area contributed by atoms with Gasteiger partial charge in [-0.15, -0.1) is 0 Å². The van der Waals surface area contributed by atoms with Gasteiger partial charge in [-0.25, -0.2) is 10.4 Å². The maximum atomic E-state index is 9.60. The highest BCUT2D eigenvalue weighted by Crippen LogP contribution is 2.19. The van der Waals surface area contributed by atoms with Crippen LogP contribution in [-0.4, -0.2) is 48.6 Å². The van der Waals surface area contributed by atoms with Gasteiger partial charge >= 0.3 is 0 Å². The Balaban J connectivity index is 1.75. The standard InChI is InChI=1S/C9H18N2O2/c12-9-3-1-2-8(9)10-11-4-6-13-7-5-11/h8-10,12H,1-7H2/t8-,9-/m0/s1. The normalized spacial score (nSPS) is 36.7. The Bertz CT molecular complexity index is 160. The molecule has 1 saturated heterocycles. The summed E-state index contributed by atoms with van der Waals surface area (Å²) in [4.78, 5) is 0. The summed E-state index contributed by atoms with van der Waals surface area (Å²) in [6, 6.07) is 0.276. The van der Waals surface area contributed by atoms with Crippen LogP contribution in [0.15, 0.2) is 0 Å². The van der Waals surface area contributed by atoms with Gasteiger partial charge in [0.1, 0.15) is 0 Å². The van der Waals surface area contributed by atoms with E-state index in [4.69, 9.17) is 4.74 Å². The second-order valence-electron chi connectivity index (χ2n) is 3.83. The molecule has 0 spiro atoms. The molecule has 1 aliphatic heterocycles. The van der Waals surface area contributed by atoms with Crippen molar-refractivity contribution in [3.05, 3.63) is 0 Å². The second-order valence-corrected chi connectivity index (χ2v) is 3.83. The van der Waals surface area contributed by atoms with Crippen LogP contribution in [-0.2, 0) is 4.74 Å². The molecule has 76 valence electrons. The highest BCUT2D eigenvalue weighted by Gasteiger charge is 2.26. The summed E-state index contributed by atoms with van der Waals surface area (Å²) in [5.41, 5.74) is 3.37. The number of hydrogen-bond donors (Lipinski definition) is 2. The van der Waals surface area contributed by atoms with E-state index in [-0.39, 0.29) is 12.1 Å². The molecule has 0 radical (unpaired) electrons. The van der Waals surface area contributed by atoms with Crippen LogP contribution >= 0.6 is 0 Å². The fourth-order valence-corrected chi connectivity index (χ4v) is 2.02. The number of hydrogen-bond acceptors (Lipinski definition) is 4. The molecular weight excluding hydrogens is 168 g/mol. The Morgan fingerprint density at radius 1 is 1.23 bits per heavy atom. The maximum Gasteiger partial charge on any atom is 0.0706 e. The Labute approximate surface area is 78.8 Å². The van der Waals surface area contributed by atoms with Gasteiger partial charge in [-0.3, -0.25) is 0 Å². The molecule has 0 aromatic carbocycles. The highest BCUT2D eigenvalue weighted by molar-refractivity contribution is 4.82. The van der Waals surface area contributed by atoms with E-state index >= 15 is 0 Å². The lowest BCUT2D eigenvalue weighted by molar-refractivity contribution is -0.00836. The van der Waals surface area contributed by atoms with Gasteiger partial charge in [-0.2, -0.15) is 0 Å². The van der Waals surface area contributed by atoms with E-state index in [2.05, 4.69) is 10.4 Å². The van der Waals surface area contributed by atoms with Crippen LogP contribution < -0.4 is 5.43 Å². The molecule has 4 nitrogen and oxygen atoms in total. The van der Waals surface area contributed by atoms with Crippen LogP contribution in [0.2, 0.25) is 0 Å². The summed E-state index contributed by atoms with van der Waals surface area (Å²) in [6.45, 7) is 3.47. The number of aliphatic hydroxyl groups is 1. The zero-order valence-corrected chi connectivity index (χ0v) is 7.91. The van der Waals surface area contributed by atoms with Crippen LogP contribution in [0.3, 0.4) is 0 Å². The van der Waals surface area contributed by atoms with Crippen molar-refractivity contribution in [2.75, 3.05) is 26.3 Å². The number of nitrogens with zero attached hydrogens (tertiary/aromatic N) is 1. The molecule has 2 rings (SSSR count). The van der Waals surface area contributed by atoms with Crippen molar-refractivity contribution in [3.63, 3.8) is 0 Å². The van der Waals surface area contributed by atoms with Crippen molar-refractivity contribution in [2.45, 2.75) is 31.4 Å². The lowest BCUT2D eigenvalue weighted by Gasteiger charge is -2.31. The van der Waals surface area contributed by atoms with Gasteiger partial charge in [0.15, 0.2) is 0 Å². The third-order valence-corrected chi connectivity index (χ3v) is 2.84. The molecule has 1 heterocycles. The highest BCUT2D eigenvalue weighted by atomic mass is 16.5. The molecule has 2 aliphatic rings. The molecule has 4 heteroatoms. The molecule has 1 saturated carbocycles. The van der Waals surface area contributed by atoms with E-state index in [0.29, 0.717) is 0 Å². The molecule has 2 fully saturated rings. The largest absolute Gasteiger partial charge is 0.391 e. The zero-order valence-electron chi connectivity index (χ0n) is 7.91. The summed E-state index contributed by atoms with van der Waals surface area (Å²) in [5, 5.41) is 11.8. The Kier molecular flexibility index (Phi) is 3.16. The first-order valence-corrected chi connectivity index (χ1v) is 5.13. The number of morpholine rings is 1. The first-order valence-electron chi connectivity index (χ1n) is 5.13. The van der Waals surface area contributed by atoms with Crippen molar-refractivity contribution < 1.29 is 9.84 Å². The molecular formula is C9H18N2O2. The Morgan fingerprint density at radius 3 is 2.62 bits per heavy atom. The average Bonchev–Trinajstić information content (AvgIpc) is 2.54. The SMILES string of the molecule is O[C@H]1CCC[C@@H]1NN1CCOCC1. The number of rotatable bonds is 2. The average molecular weight is 186 g/mol. The van der Waals surface area contributed by atoms with Crippen LogP contribution in [0.5, 0.6) is 0 Å². The third kappa shape index (κ3) is 2.40. The summed E-state index contributed by atoms with van der Waals surface area (Å²) in [5.74, 6) is 0. The number of hydrazine groups is 1. The van der Waals surface area contributed by atoms with Crippen LogP contribution in [0.25, 0.3) is 0 Å². The minimum Gasteiger partial charge on any atom is -0.391 e. The molecule has 0 aromatic heterocycles. The van der Waals surface area contributed by atoms with Crippen LogP contribution in [0.4, 0.5) is 0 Å². The first kappa shape index (κ1) is 9.40. The van der Waals surface area contributed by atoms with E-state index in [1.807, 2.05) is 0 Å². The molecule has 0 unspecified atom stereocenters. The maximum absolute atomic E-state index is 9.60. The van der Waals surface area contributed by atoms with E-state index in [9.17, 15) is 5.11 Å². The van der Waals surface area contributed by atoms with Crippen molar-refractivity contribution in [3.8, 4) is 0 Å². The number of nitrogens with one attached hydrogen (secondary N) is 1. The minimum atomic E-state index is -0.150. The fraction of sp³-hybridized carbons (Fsp3) is 1.00. The van der Waals surface area contributed by atoms with Crippen molar-refractivity contribution >= 4 is 0 Å². The van der Waals surface area contributed by atoms with Gasteiger partial charge in [0.05, 0.1) is 19.3 Å². The molecule has 13 heavy (non-hydrogen) atoms. The molecule has 0 amide bonds. The number of aliphatic hydroxyl groups excluding tert-OH is 1. The van der Waals surface area contributed by atoms with E-state index in [1.165, 1.54) is 0 Å². The molecule has 2 N–H and O–H groups in total. The lowest BCUT2D eigenvalue weighted by Crippen LogP contribution is -2.52. The predicted molar refractivity (Wildman–Crippen MR) is 49.2 cm³/mol. The fourth-order valence-electron chi connectivity index (χ4n) is 2.02. The monoisotopic (exact) mass is 186 g/mol. The summed E-state index contributed by atoms with van der Waals surface area (Å²) in [6.07, 6.45) is 3.03. The quantitative estimate of drug-likeness (QED) is 0.623. The first-order chi connectivity index (χ1) is 6.36. The van der Waals surface area contributed by atoms with Crippen molar-refractivity contribution in [1.82, 2.24) is 10.4 Å². The van der Waals surface area contributed by atoms with Crippen molar-refractivity contribution in [1.29, 1.82) is 0 Å². The Morgan fingerprint density at radius 2 is 2.00 bits per heavy atom. The minimum absolute atomic E-state index is 0.150. The predicted octanol–water partition coefficient (Wildman–Crippen LogP) is -0.263. The molecule has 2 atom stereocenters. The molecule has 0 aromatic rings. The van der Waals surface area contributed by atoms with Gasteiger partial charge in [0, 0.05) is 19.1 Å². The zero-order chi connectivity index (χ0) is 9.10. The molecule has 1 aliphatic carbocycles. The van der Waals surface area contributed by atoms with Crippen LogP contribution in [0, 0.1) is 0 Å². The van der Waals surface area contributed by atoms with Gasteiger partial charge in [0.25, 0.3) is 0 Å². The topological polar surface area (TPSA) is 44.7 Å². The van der Waals surface area contributed by atoms with Crippen LogP contribution in [0.1, 0.15) is 19.3 Å². The second kappa shape index (κ2) is 4.37. The summed E-state index contributed by atoms with van der Waals surface area (Å²) in [7, 11) is 0. The van der Waals surface area contributed by atoms with E-state index in [0.717, 1.165) is 45.6 Å². The van der Waals surface area contributed by atoms with Crippen molar-refractivity contribution in [2.24, 2.45) is 0 Å². The summed E-state index contributed by atoms with van der Waals surface area (Å²) < 4.78 is 5.25. The van der Waals surface area contributed by atoms with Gasteiger partial charge in [0.2, 0.25) is 0 Å². The smallest absolute Gasteiger partial charge is 0.0706 e. The number of ether oxygens (including phenoxy) is 1. The lowest BCUT2D eigenvalue weighted by atomic mass is 10.2. The Hall–Kier alpha value is -0.160. The third-order valence-electron chi connectivity index (χ3n) is 2.84.